The Morgan fingerprint density at radius 3 is 0.938 bits per heavy atom. The predicted octanol–water partition coefficient (Wildman–Crippen LogP) is 3.37. The average molecular weight is 491 g/mol. The van der Waals surface area contributed by atoms with Crippen LogP contribution in [0.25, 0.3) is 0 Å². The van der Waals surface area contributed by atoms with Crippen LogP contribution < -0.4 is 20.7 Å². The van der Waals surface area contributed by atoms with Gasteiger partial charge in [-0.25, -0.2) is 0 Å². The van der Waals surface area contributed by atoms with Gasteiger partial charge in [0.1, 0.15) is 0 Å². The fraction of sp³-hybridized carbons (Fsp3) is 0.0400. The minimum atomic E-state index is -3.20. The van der Waals surface area contributed by atoms with E-state index in [-0.39, 0.29) is 0 Å². The van der Waals surface area contributed by atoms with Crippen molar-refractivity contribution < 1.29 is 12.3 Å². The first kappa shape index (κ1) is 21.5. The van der Waals surface area contributed by atoms with Gasteiger partial charge in [0.05, 0.1) is 0 Å². The molecule has 7 heteroatoms. The van der Waals surface area contributed by atoms with Crippen LogP contribution in [0.15, 0.2) is 121 Å². The Morgan fingerprint density at radius 2 is 0.688 bits per heavy atom. The van der Waals surface area contributed by atoms with Gasteiger partial charge in [-0.15, -0.1) is 11.1 Å². The molecule has 5 rings (SSSR count). The molecule has 0 spiro atoms. The quantitative estimate of drug-likeness (QED) is 0.324. The van der Waals surface area contributed by atoms with Crippen LogP contribution in [0.1, 0.15) is 0 Å². The highest BCUT2D eigenvalue weighted by Gasteiger charge is 2.64. The second-order valence-corrected chi connectivity index (χ2v) is 18.8. The molecule has 0 radical (unpaired) electrons. The number of hydrogen-bond donors (Lipinski definition) is 0. The summed E-state index contributed by atoms with van der Waals surface area (Å²) in [6.07, 6.45) is 0. The summed E-state index contributed by atoms with van der Waals surface area (Å²) in [5.74, 6) is 0. The summed E-state index contributed by atoms with van der Waals surface area (Å²) in [5, 5.41) is 4.10. The van der Waals surface area contributed by atoms with Crippen molar-refractivity contribution >= 4 is 56.8 Å². The smallest absolute Gasteiger partial charge is 0.402 e. The molecule has 1 saturated heterocycles. The molecule has 4 aromatic rings. The zero-order chi connectivity index (χ0) is 22.1. The summed E-state index contributed by atoms with van der Waals surface area (Å²) in [6.45, 7) is 1.92. The van der Waals surface area contributed by atoms with E-state index in [0.29, 0.717) is 0 Å². The van der Waals surface area contributed by atoms with Gasteiger partial charge >= 0.3 is 25.0 Å². The van der Waals surface area contributed by atoms with Gasteiger partial charge in [0, 0.05) is 0 Å². The Hall–Kier alpha value is -2.30. The van der Waals surface area contributed by atoms with E-state index in [9.17, 15) is 0 Å². The first-order valence-corrected chi connectivity index (χ1v) is 17.5. The Kier molecular flexibility index (Phi) is 5.77. The predicted molar refractivity (Wildman–Crippen MR) is 137 cm³/mol. The van der Waals surface area contributed by atoms with Gasteiger partial charge in [0.25, 0.3) is 0 Å². The maximum absolute atomic E-state index is 7.33. The maximum atomic E-state index is 7.33. The molecule has 0 atom stereocenters. The van der Waals surface area contributed by atoms with Crippen molar-refractivity contribution in [3.05, 3.63) is 121 Å². The SMILES string of the molecule is C[Si]1(Cl)O[Si](c2ccccc2)(c2ccccc2)O[Si](c2ccccc2)(c2ccccc2)O1. The lowest BCUT2D eigenvalue weighted by atomic mass is 10.4. The summed E-state index contributed by atoms with van der Waals surface area (Å²) in [6, 6.07) is 40.9. The van der Waals surface area contributed by atoms with Gasteiger partial charge in [-0.05, 0) is 27.3 Å². The second-order valence-electron chi connectivity index (χ2n) is 7.84. The fourth-order valence-corrected chi connectivity index (χ4v) is 20.5. The van der Waals surface area contributed by atoms with Crippen molar-refractivity contribution in [1.29, 1.82) is 0 Å². The third-order valence-electron chi connectivity index (χ3n) is 5.55. The molecule has 0 bridgehead atoms. The van der Waals surface area contributed by atoms with Crippen LogP contribution in [0, 0.1) is 0 Å². The molecule has 0 aliphatic carbocycles. The zero-order valence-corrected chi connectivity index (χ0v) is 21.4. The van der Waals surface area contributed by atoms with Gasteiger partial charge < -0.3 is 12.3 Å². The van der Waals surface area contributed by atoms with E-state index in [0.717, 1.165) is 20.7 Å². The molecule has 1 aliphatic heterocycles. The van der Waals surface area contributed by atoms with Crippen LogP contribution in [0.3, 0.4) is 0 Å². The van der Waals surface area contributed by atoms with Gasteiger partial charge in [-0.3, -0.25) is 0 Å². The highest BCUT2D eigenvalue weighted by molar-refractivity contribution is 7.23. The van der Waals surface area contributed by atoms with E-state index in [1.165, 1.54) is 0 Å². The number of benzene rings is 4. The molecule has 0 unspecified atom stereocenters. The van der Waals surface area contributed by atoms with Crippen molar-refractivity contribution in [3.63, 3.8) is 0 Å². The van der Waals surface area contributed by atoms with Crippen LogP contribution in [0.2, 0.25) is 6.55 Å². The lowest BCUT2D eigenvalue weighted by molar-refractivity contribution is 0.268. The van der Waals surface area contributed by atoms with E-state index in [2.05, 4.69) is 48.5 Å². The molecule has 0 saturated carbocycles. The van der Waals surface area contributed by atoms with Crippen molar-refractivity contribution in [1.82, 2.24) is 0 Å². The van der Waals surface area contributed by atoms with E-state index in [1.54, 1.807) is 0 Å². The Bertz CT molecular complexity index is 1000. The molecule has 1 heterocycles. The topological polar surface area (TPSA) is 27.7 Å². The second kappa shape index (κ2) is 8.57. The lowest BCUT2D eigenvalue weighted by Crippen LogP contribution is -2.82. The van der Waals surface area contributed by atoms with E-state index in [1.807, 2.05) is 79.3 Å². The third-order valence-corrected chi connectivity index (χ3v) is 18.8. The maximum Gasteiger partial charge on any atom is 0.423 e. The largest absolute Gasteiger partial charge is 0.423 e. The van der Waals surface area contributed by atoms with Crippen LogP contribution in [-0.4, -0.2) is 25.0 Å². The van der Waals surface area contributed by atoms with Crippen molar-refractivity contribution in [2.24, 2.45) is 0 Å². The minimum Gasteiger partial charge on any atom is -0.402 e. The molecule has 32 heavy (non-hydrogen) atoms. The number of rotatable bonds is 4. The molecule has 1 fully saturated rings. The summed E-state index contributed by atoms with van der Waals surface area (Å²) in [7, 11) is -9.53. The van der Waals surface area contributed by atoms with Crippen molar-refractivity contribution in [2.45, 2.75) is 6.55 Å². The summed E-state index contributed by atoms with van der Waals surface area (Å²) in [4.78, 5) is 0. The molecule has 0 N–H and O–H groups in total. The Labute approximate surface area is 196 Å². The molecular formula is C25H23ClO3Si3. The molecule has 1 aliphatic rings. The van der Waals surface area contributed by atoms with Crippen molar-refractivity contribution in [3.8, 4) is 0 Å². The van der Waals surface area contributed by atoms with Gasteiger partial charge in [0.15, 0.2) is 0 Å². The Balaban J connectivity index is 1.82. The van der Waals surface area contributed by atoms with Crippen molar-refractivity contribution in [2.75, 3.05) is 0 Å². The lowest BCUT2D eigenvalue weighted by Gasteiger charge is -2.50. The molecule has 160 valence electrons. The molecular weight excluding hydrogens is 468 g/mol. The van der Waals surface area contributed by atoms with Crippen LogP contribution in [0.4, 0.5) is 0 Å². The molecule has 3 nitrogen and oxygen atoms in total. The van der Waals surface area contributed by atoms with Gasteiger partial charge in [-0.1, -0.05) is 121 Å². The zero-order valence-electron chi connectivity index (χ0n) is 17.6. The standard InChI is InChI=1S/C25H23ClO3Si3/c1-30(26)27-31(22-14-6-2-7-15-22,23-16-8-3-9-17-23)29-32(28-30,24-18-10-4-11-19-24)25-20-12-5-13-21-25/h2-21H,1H3. The molecule has 0 aromatic heterocycles. The summed E-state index contributed by atoms with van der Waals surface area (Å²) in [5.41, 5.74) is 0. The minimum absolute atomic E-state index is 1.03. The van der Waals surface area contributed by atoms with E-state index in [4.69, 9.17) is 23.4 Å². The fourth-order valence-electron chi connectivity index (χ4n) is 4.21. The first-order chi connectivity index (χ1) is 15.5. The van der Waals surface area contributed by atoms with Crippen LogP contribution in [-0.2, 0) is 12.3 Å². The molecule has 0 amide bonds. The van der Waals surface area contributed by atoms with Crippen LogP contribution in [0.5, 0.6) is 0 Å². The highest BCUT2D eigenvalue weighted by atomic mass is 35.6. The average Bonchev–Trinajstić information content (AvgIpc) is 2.85. The normalized spacial score (nSPS) is 18.7. The molecule has 4 aromatic carbocycles. The van der Waals surface area contributed by atoms with Gasteiger partial charge in [0.2, 0.25) is 0 Å². The number of halogens is 1. The Morgan fingerprint density at radius 1 is 0.438 bits per heavy atom. The first-order valence-electron chi connectivity index (χ1n) is 10.6. The van der Waals surface area contributed by atoms with Gasteiger partial charge in [-0.2, -0.15) is 0 Å². The van der Waals surface area contributed by atoms with E-state index < -0.39 is 25.0 Å². The van der Waals surface area contributed by atoms with E-state index >= 15 is 0 Å². The number of hydrogen-bond acceptors (Lipinski definition) is 3. The summed E-state index contributed by atoms with van der Waals surface area (Å²) < 4.78 is 20.9. The van der Waals surface area contributed by atoms with Crippen LogP contribution >= 0.6 is 11.1 Å². The monoisotopic (exact) mass is 490 g/mol. The third kappa shape index (κ3) is 3.84. The summed E-state index contributed by atoms with van der Waals surface area (Å²) >= 11 is 7.12. The highest BCUT2D eigenvalue weighted by Crippen LogP contribution is 2.33.